The second-order valence-corrected chi connectivity index (χ2v) is 6.88. The fourth-order valence-corrected chi connectivity index (χ4v) is 3.75. The van der Waals surface area contributed by atoms with Crippen molar-refractivity contribution in [2.24, 2.45) is 7.05 Å². The molecular weight excluding hydrogens is 360 g/mol. The Hall–Kier alpha value is -3.56. The molecule has 0 radical (unpaired) electrons. The number of pyridine rings is 1. The molecule has 0 bridgehead atoms. The maximum absolute atomic E-state index is 12.3. The van der Waals surface area contributed by atoms with E-state index in [-0.39, 0.29) is 18.4 Å². The summed E-state index contributed by atoms with van der Waals surface area (Å²) in [6.07, 6.45) is 5.15. The van der Waals surface area contributed by atoms with Gasteiger partial charge in [-0.25, -0.2) is 9.97 Å². The monoisotopic (exact) mass is 378 g/mol. The third-order valence-electron chi connectivity index (χ3n) is 5.21. The van der Waals surface area contributed by atoms with Crippen molar-refractivity contribution in [3.8, 4) is 11.4 Å². The van der Waals surface area contributed by atoms with Crippen LogP contribution in [-0.4, -0.2) is 73.7 Å². The average Bonchev–Trinajstić information content (AvgIpc) is 3.11. The number of aromatic nitrogens is 5. The summed E-state index contributed by atoms with van der Waals surface area (Å²) in [6.45, 7) is 1.51. The molecule has 1 atom stereocenters. The van der Waals surface area contributed by atoms with Crippen LogP contribution in [0.4, 0.5) is 5.82 Å². The van der Waals surface area contributed by atoms with Crippen molar-refractivity contribution >= 4 is 28.7 Å². The molecule has 0 aliphatic carbocycles. The Kier molecular flexibility index (Phi) is 3.71. The van der Waals surface area contributed by atoms with Crippen LogP contribution < -0.4 is 10.2 Å². The molecule has 0 spiro atoms. The maximum atomic E-state index is 12.3. The molecule has 28 heavy (non-hydrogen) atoms. The Balaban J connectivity index is 1.59. The van der Waals surface area contributed by atoms with Gasteiger partial charge in [0.2, 0.25) is 11.8 Å². The Morgan fingerprint density at radius 3 is 2.89 bits per heavy atom. The van der Waals surface area contributed by atoms with Crippen LogP contribution in [0.1, 0.15) is 0 Å². The van der Waals surface area contributed by atoms with Gasteiger partial charge in [0, 0.05) is 44.6 Å². The van der Waals surface area contributed by atoms with Crippen LogP contribution in [0.15, 0.2) is 30.7 Å². The van der Waals surface area contributed by atoms with Crippen molar-refractivity contribution in [2.45, 2.75) is 6.04 Å². The van der Waals surface area contributed by atoms with Crippen LogP contribution in [0.25, 0.3) is 22.4 Å². The van der Waals surface area contributed by atoms with Gasteiger partial charge in [0.05, 0.1) is 18.1 Å². The van der Waals surface area contributed by atoms with E-state index >= 15 is 0 Å². The van der Waals surface area contributed by atoms with Crippen molar-refractivity contribution < 1.29 is 9.59 Å². The summed E-state index contributed by atoms with van der Waals surface area (Å²) in [5, 5.41) is 7.80. The van der Waals surface area contributed by atoms with Gasteiger partial charge in [-0.05, 0) is 12.1 Å². The number of nitrogens with zero attached hydrogens (tertiary/aromatic N) is 7. The van der Waals surface area contributed by atoms with Gasteiger partial charge in [-0.15, -0.1) is 0 Å². The predicted octanol–water partition coefficient (Wildman–Crippen LogP) is -0.428. The smallest absolute Gasteiger partial charge is 0.245 e. The van der Waals surface area contributed by atoms with Crippen LogP contribution >= 0.6 is 0 Å². The van der Waals surface area contributed by atoms with Crippen molar-refractivity contribution in [3.63, 3.8) is 0 Å². The number of aryl methyl sites for hydroxylation is 1. The summed E-state index contributed by atoms with van der Waals surface area (Å²) >= 11 is 0. The molecule has 0 unspecified atom stereocenters. The summed E-state index contributed by atoms with van der Waals surface area (Å²) in [5.41, 5.74) is 1.51. The van der Waals surface area contributed by atoms with Crippen LogP contribution in [-0.2, 0) is 16.6 Å². The highest BCUT2D eigenvalue weighted by Crippen LogP contribution is 2.29. The molecule has 10 heteroatoms. The average molecular weight is 378 g/mol. The Labute approximate surface area is 160 Å². The van der Waals surface area contributed by atoms with E-state index in [0.717, 1.165) is 10.9 Å². The lowest BCUT2D eigenvalue weighted by Gasteiger charge is -2.43. The van der Waals surface area contributed by atoms with Gasteiger partial charge >= 0.3 is 0 Å². The van der Waals surface area contributed by atoms with Gasteiger partial charge in [0.25, 0.3) is 0 Å². The Bertz CT molecular complexity index is 1080. The topological polar surface area (TPSA) is 109 Å². The lowest BCUT2D eigenvalue weighted by Crippen LogP contribution is -2.66. The molecule has 2 fully saturated rings. The highest BCUT2D eigenvalue weighted by molar-refractivity contribution is 5.96. The van der Waals surface area contributed by atoms with Crippen molar-refractivity contribution in [1.29, 1.82) is 0 Å². The normalized spacial score (nSPS) is 19.7. The molecule has 2 amide bonds. The number of piperazine rings is 2. The van der Waals surface area contributed by atoms with Crippen molar-refractivity contribution in [3.05, 3.63) is 30.7 Å². The molecule has 10 nitrogen and oxygen atoms in total. The zero-order valence-electron chi connectivity index (χ0n) is 15.2. The highest BCUT2D eigenvalue weighted by Gasteiger charge is 2.39. The summed E-state index contributed by atoms with van der Waals surface area (Å²) in [7, 11) is 1.83. The van der Waals surface area contributed by atoms with Crippen molar-refractivity contribution in [2.75, 3.05) is 31.1 Å². The maximum Gasteiger partial charge on any atom is 0.245 e. The molecule has 3 aromatic rings. The van der Waals surface area contributed by atoms with Crippen LogP contribution in [0.5, 0.6) is 0 Å². The van der Waals surface area contributed by atoms with Crippen LogP contribution in [0.3, 0.4) is 0 Å². The standard InChI is InChI=1S/C18H18N8O2/c1-24-16-12(8-21-24)17(23-15(22-16)11-3-2-4-19-7-11)25-5-6-26-13(10-25)18(28)20-9-14(26)27/h2-4,7-8,13H,5-6,9-10H2,1H3,(H,20,28)/t13-/m0/s1. The number of nitrogens with one attached hydrogen (secondary N) is 1. The first-order chi connectivity index (χ1) is 13.6. The zero-order chi connectivity index (χ0) is 19.3. The van der Waals surface area contributed by atoms with E-state index in [1.807, 2.05) is 24.1 Å². The van der Waals surface area contributed by atoms with Gasteiger partial charge < -0.3 is 15.1 Å². The molecule has 3 aromatic heterocycles. The van der Waals surface area contributed by atoms with E-state index in [2.05, 4.69) is 20.4 Å². The summed E-state index contributed by atoms with van der Waals surface area (Å²) < 4.78 is 1.70. The second-order valence-electron chi connectivity index (χ2n) is 6.88. The lowest BCUT2D eigenvalue weighted by molar-refractivity contribution is -0.146. The number of amides is 2. The SMILES string of the molecule is Cn1ncc2c(N3CCN4C(=O)CNC(=O)[C@@H]4C3)nc(-c3cccnc3)nc21. The first-order valence-electron chi connectivity index (χ1n) is 9.04. The fourth-order valence-electron chi connectivity index (χ4n) is 3.75. The van der Waals surface area contributed by atoms with E-state index in [1.54, 1.807) is 28.2 Å². The number of anilines is 1. The molecule has 1 N–H and O–H groups in total. The second kappa shape index (κ2) is 6.25. The zero-order valence-corrected chi connectivity index (χ0v) is 15.2. The van der Waals surface area contributed by atoms with E-state index in [1.165, 1.54) is 0 Å². The first kappa shape index (κ1) is 16.6. The third kappa shape index (κ3) is 2.56. The van der Waals surface area contributed by atoms with Crippen molar-refractivity contribution in [1.82, 2.24) is 34.9 Å². The number of carbonyl (C=O) groups excluding carboxylic acids is 2. The molecule has 5 rings (SSSR count). The fraction of sp³-hybridized carbons (Fsp3) is 0.333. The van der Waals surface area contributed by atoms with Gasteiger partial charge in [-0.2, -0.15) is 5.10 Å². The lowest BCUT2D eigenvalue weighted by atomic mass is 10.1. The highest BCUT2D eigenvalue weighted by atomic mass is 16.2. The number of rotatable bonds is 2. The minimum absolute atomic E-state index is 0.0467. The minimum atomic E-state index is -0.515. The van der Waals surface area contributed by atoms with Gasteiger partial charge in [-0.1, -0.05) is 0 Å². The van der Waals surface area contributed by atoms with E-state index in [9.17, 15) is 9.59 Å². The minimum Gasteiger partial charge on any atom is -0.351 e. The third-order valence-corrected chi connectivity index (χ3v) is 5.21. The van der Waals surface area contributed by atoms with Gasteiger partial charge in [0.1, 0.15) is 11.9 Å². The quantitative estimate of drug-likeness (QED) is 0.645. The Morgan fingerprint density at radius 2 is 2.07 bits per heavy atom. The number of hydrogen-bond acceptors (Lipinski definition) is 7. The molecule has 0 aromatic carbocycles. The molecule has 2 saturated heterocycles. The van der Waals surface area contributed by atoms with E-state index < -0.39 is 6.04 Å². The molecular formula is C18H18N8O2. The van der Waals surface area contributed by atoms with Gasteiger partial charge in [-0.3, -0.25) is 19.3 Å². The first-order valence-corrected chi connectivity index (χ1v) is 9.04. The Morgan fingerprint density at radius 1 is 1.18 bits per heavy atom. The summed E-state index contributed by atoms with van der Waals surface area (Å²) in [4.78, 5) is 41.7. The molecule has 5 heterocycles. The molecule has 2 aliphatic rings. The number of hydrogen-bond donors (Lipinski definition) is 1. The van der Waals surface area contributed by atoms with Gasteiger partial charge in [0.15, 0.2) is 11.5 Å². The number of fused-ring (bicyclic) bond motifs is 2. The summed E-state index contributed by atoms with van der Waals surface area (Å²) in [6, 6.07) is 3.22. The summed E-state index contributed by atoms with van der Waals surface area (Å²) in [5.74, 6) is 1.08. The van der Waals surface area contributed by atoms with E-state index in [4.69, 9.17) is 4.98 Å². The largest absolute Gasteiger partial charge is 0.351 e. The molecule has 142 valence electrons. The van der Waals surface area contributed by atoms with E-state index in [0.29, 0.717) is 36.9 Å². The number of carbonyl (C=O) groups is 2. The predicted molar refractivity (Wildman–Crippen MR) is 100 cm³/mol. The van der Waals surface area contributed by atoms with Crippen LogP contribution in [0.2, 0.25) is 0 Å². The van der Waals surface area contributed by atoms with Crippen LogP contribution in [0, 0.1) is 0 Å². The molecule has 0 saturated carbocycles. The molecule has 2 aliphatic heterocycles.